The van der Waals surface area contributed by atoms with E-state index in [1.54, 1.807) is 0 Å². The standard InChI is InChI=1S/C13H18BrF/c1-3-4-10(2)13(14)9-11-5-7-12(15)8-6-11/h5-8,10,13H,3-4,9H2,1-2H3. The van der Waals surface area contributed by atoms with E-state index in [0.717, 1.165) is 6.42 Å². The van der Waals surface area contributed by atoms with Crippen LogP contribution in [-0.4, -0.2) is 4.83 Å². The summed E-state index contributed by atoms with van der Waals surface area (Å²) in [5.74, 6) is 0.506. The van der Waals surface area contributed by atoms with Gasteiger partial charge in [0.15, 0.2) is 0 Å². The van der Waals surface area contributed by atoms with Gasteiger partial charge in [0.25, 0.3) is 0 Å². The quantitative estimate of drug-likeness (QED) is 0.689. The molecule has 84 valence electrons. The summed E-state index contributed by atoms with van der Waals surface area (Å²) in [7, 11) is 0. The minimum Gasteiger partial charge on any atom is -0.207 e. The molecule has 1 aromatic rings. The summed E-state index contributed by atoms with van der Waals surface area (Å²) >= 11 is 3.71. The lowest BCUT2D eigenvalue weighted by molar-refractivity contribution is 0.505. The second-order valence-corrected chi connectivity index (χ2v) is 5.29. The fourth-order valence-electron chi connectivity index (χ4n) is 1.68. The van der Waals surface area contributed by atoms with E-state index in [0.29, 0.717) is 10.7 Å². The van der Waals surface area contributed by atoms with Crippen molar-refractivity contribution in [1.29, 1.82) is 0 Å². The summed E-state index contributed by atoms with van der Waals surface area (Å²) in [4.78, 5) is 0.489. The van der Waals surface area contributed by atoms with Gasteiger partial charge in [-0.2, -0.15) is 0 Å². The zero-order valence-electron chi connectivity index (χ0n) is 9.34. The van der Waals surface area contributed by atoms with Crippen LogP contribution in [0.15, 0.2) is 24.3 Å². The number of halogens is 2. The lowest BCUT2D eigenvalue weighted by Gasteiger charge is -2.17. The molecule has 0 radical (unpaired) electrons. The molecule has 0 nitrogen and oxygen atoms in total. The predicted octanol–water partition coefficient (Wildman–Crippen LogP) is 4.57. The monoisotopic (exact) mass is 272 g/mol. The predicted molar refractivity (Wildman–Crippen MR) is 66.9 cm³/mol. The highest BCUT2D eigenvalue weighted by Crippen LogP contribution is 2.22. The van der Waals surface area contributed by atoms with E-state index in [1.807, 2.05) is 12.1 Å². The maximum absolute atomic E-state index is 12.7. The topological polar surface area (TPSA) is 0 Å². The normalized spacial score (nSPS) is 14.9. The Kier molecular flexibility index (Phi) is 5.30. The van der Waals surface area contributed by atoms with Crippen molar-refractivity contribution in [2.24, 2.45) is 5.92 Å². The van der Waals surface area contributed by atoms with Crippen molar-refractivity contribution in [2.75, 3.05) is 0 Å². The summed E-state index contributed by atoms with van der Waals surface area (Å²) in [5, 5.41) is 0. The molecule has 0 aliphatic carbocycles. The van der Waals surface area contributed by atoms with Crippen LogP contribution in [-0.2, 0) is 6.42 Å². The molecule has 0 saturated heterocycles. The van der Waals surface area contributed by atoms with E-state index in [9.17, 15) is 4.39 Å². The summed E-state index contributed by atoms with van der Waals surface area (Å²) in [6.07, 6.45) is 3.42. The van der Waals surface area contributed by atoms with Gasteiger partial charge in [0.2, 0.25) is 0 Å². The van der Waals surface area contributed by atoms with Crippen LogP contribution in [0.25, 0.3) is 0 Å². The minimum absolute atomic E-state index is 0.161. The van der Waals surface area contributed by atoms with E-state index in [1.165, 1.54) is 30.5 Å². The van der Waals surface area contributed by atoms with Crippen LogP contribution in [0, 0.1) is 11.7 Å². The Bertz CT molecular complexity index is 281. The molecule has 0 N–H and O–H groups in total. The molecule has 1 rings (SSSR count). The number of hydrogen-bond acceptors (Lipinski definition) is 0. The lowest BCUT2D eigenvalue weighted by Crippen LogP contribution is -2.13. The second-order valence-electron chi connectivity index (χ2n) is 4.11. The molecule has 0 saturated carbocycles. The molecule has 0 fully saturated rings. The molecular weight excluding hydrogens is 255 g/mol. The van der Waals surface area contributed by atoms with Gasteiger partial charge in [0, 0.05) is 4.83 Å². The fourth-order valence-corrected chi connectivity index (χ4v) is 2.32. The minimum atomic E-state index is -0.161. The van der Waals surface area contributed by atoms with Gasteiger partial charge < -0.3 is 0 Å². The summed E-state index contributed by atoms with van der Waals surface area (Å²) in [5.41, 5.74) is 1.20. The third-order valence-corrected chi connectivity index (χ3v) is 3.93. The first kappa shape index (κ1) is 12.7. The van der Waals surface area contributed by atoms with Gasteiger partial charge in [-0.3, -0.25) is 0 Å². The Morgan fingerprint density at radius 2 is 1.87 bits per heavy atom. The molecule has 0 aliphatic heterocycles. The number of rotatable bonds is 5. The molecule has 0 spiro atoms. The molecule has 0 amide bonds. The van der Waals surface area contributed by atoms with E-state index in [-0.39, 0.29) is 5.82 Å². The zero-order valence-corrected chi connectivity index (χ0v) is 10.9. The molecule has 2 unspecified atom stereocenters. The largest absolute Gasteiger partial charge is 0.207 e. The molecule has 2 atom stereocenters. The Labute approximate surface area is 100 Å². The summed E-state index contributed by atoms with van der Waals surface area (Å²) in [6, 6.07) is 6.78. The van der Waals surface area contributed by atoms with Gasteiger partial charge in [-0.1, -0.05) is 48.3 Å². The van der Waals surface area contributed by atoms with Gasteiger partial charge >= 0.3 is 0 Å². The SMILES string of the molecule is CCCC(C)C(Br)Cc1ccc(F)cc1. The van der Waals surface area contributed by atoms with Crippen molar-refractivity contribution in [3.8, 4) is 0 Å². The highest BCUT2D eigenvalue weighted by molar-refractivity contribution is 9.09. The van der Waals surface area contributed by atoms with Crippen LogP contribution in [0.5, 0.6) is 0 Å². The van der Waals surface area contributed by atoms with Gasteiger partial charge in [0.05, 0.1) is 0 Å². The van der Waals surface area contributed by atoms with Gasteiger partial charge in [-0.15, -0.1) is 0 Å². The average Bonchev–Trinajstić information content (AvgIpc) is 2.22. The van der Waals surface area contributed by atoms with Crippen LogP contribution in [0.3, 0.4) is 0 Å². The van der Waals surface area contributed by atoms with Crippen LogP contribution in [0.4, 0.5) is 4.39 Å². The van der Waals surface area contributed by atoms with E-state index in [2.05, 4.69) is 29.8 Å². The van der Waals surface area contributed by atoms with Crippen molar-refractivity contribution in [2.45, 2.75) is 37.9 Å². The zero-order chi connectivity index (χ0) is 11.3. The maximum atomic E-state index is 12.7. The second kappa shape index (κ2) is 6.26. The van der Waals surface area contributed by atoms with E-state index < -0.39 is 0 Å². The number of hydrogen-bond donors (Lipinski definition) is 0. The van der Waals surface area contributed by atoms with Gasteiger partial charge in [-0.05, 0) is 36.5 Å². The molecule has 2 heteroatoms. The Balaban J connectivity index is 2.50. The Hall–Kier alpha value is -0.370. The van der Waals surface area contributed by atoms with Crippen molar-refractivity contribution in [1.82, 2.24) is 0 Å². The first-order valence-corrected chi connectivity index (χ1v) is 6.43. The summed E-state index contributed by atoms with van der Waals surface area (Å²) < 4.78 is 12.7. The molecule has 0 bridgehead atoms. The smallest absolute Gasteiger partial charge is 0.123 e. The van der Waals surface area contributed by atoms with Crippen LogP contribution >= 0.6 is 15.9 Å². The molecule has 0 heterocycles. The fraction of sp³-hybridized carbons (Fsp3) is 0.538. The van der Waals surface area contributed by atoms with E-state index >= 15 is 0 Å². The van der Waals surface area contributed by atoms with Gasteiger partial charge in [-0.25, -0.2) is 4.39 Å². The molecule has 15 heavy (non-hydrogen) atoms. The van der Waals surface area contributed by atoms with Crippen molar-refractivity contribution < 1.29 is 4.39 Å². The van der Waals surface area contributed by atoms with Crippen LogP contribution in [0.2, 0.25) is 0 Å². The lowest BCUT2D eigenvalue weighted by atomic mass is 9.97. The van der Waals surface area contributed by atoms with Crippen molar-refractivity contribution in [3.05, 3.63) is 35.6 Å². The number of alkyl halides is 1. The van der Waals surface area contributed by atoms with Crippen LogP contribution < -0.4 is 0 Å². The Morgan fingerprint density at radius 3 is 2.40 bits per heavy atom. The highest BCUT2D eigenvalue weighted by Gasteiger charge is 2.13. The van der Waals surface area contributed by atoms with Crippen LogP contribution in [0.1, 0.15) is 32.3 Å². The Morgan fingerprint density at radius 1 is 1.27 bits per heavy atom. The molecule has 1 aromatic carbocycles. The van der Waals surface area contributed by atoms with E-state index in [4.69, 9.17) is 0 Å². The first-order valence-electron chi connectivity index (χ1n) is 5.52. The molecule has 0 aliphatic rings. The highest BCUT2D eigenvalue weighted by atomic mass is 79.9. The van der Waals surface area contributed by atoms with Gasteiger partial charge in [0.1, 0.15) is 5.82 Å². The molecular formula is C13H18BrF. The molecule has 0 aromatic heterocycles. The van der Waals surface area contributed by atoms with Crippen molar-refractivity contribution in [3.63, 3.8) is 0 Å². The third-order valence-electron chi connectivity index (χ3n) is 2.71. The first-order chi connectivity index (χ1) is 7.13. The number of benzene rings is 1. The summed E-state index contributed by atoms with van der Waals surface area (Å²) in [6.45, 7) is 4.46. The average molecular weight is 273 g/mol. The van der Waals surface area contributed by atoms with Crippen molar-refractivity contribution >= 4 is 15.9 Å². The third kappa shape index (κ3) is 4.33. The maximum Gasteiger partial charge on any atom is 0.123 e.